The van der Waals surface area contributed by atoms with Crippen molar-refractivity contribution in [2.45, 2.75) is 31.2 Å². The molecule has 0 aromatic carbocycles. The zero-order valence-electron chi connectivity index (χ0n) is 9.04. The van der Waals surface area contributed by atoms with E-state index in [9.17, 15) is 5.11 Å². The van der Waals surface area contributed by atoms with E-state index >= 15 is 0 Å². The van der Waals surface area contributed by atoms with E-state index in [-0.39, 0.29) is 12.1 Å². The van der Waals surface area contributed by atoms with Gasteiger partial charge in [-0.2, -0.15) is 0 Å². The molecule has 0 aromatic rings. The third kappa shape index (κ3) is 1.69. The van der Waals surface area contributed by atoms with Crippen molar-refractivity contribution in [3.05, 3.63) is 0 Å². The molecule has 3 fully saturated rings. The molecule has 0 spiro atoms. The Kier molecular flexibility index (Phi) is 3.10. The van der Waals surface area contributed by atoms with Crippen LogP contribution in [0.4, 0.5) is 0 Å². The quantitative estimate of drug-likeness (QED) is 0.732. The molecule has 0 amide bonds. The highest BCUT2D eigenvalue weighted by Crippen LogP contribution is 2.37. The lowest BCUT2D eigenvalue weighted by molar-refractivity contribution is -0.0531. The Bertz CT molecular complexity index is 194. The number of aliphatic hydroxyl groups excluding tert-OH is 1. The van der Waals surface area contributed by atoms with Gasteiger partial charge in [0.05, 0.1) is 18.8 Å². The maximum Gasteiger partial charge on any atom is 0.0678 e. The van der Waals surface area contributed by atoms with E-state index in [0.29, 0.717) is 6.61 Å². The van der Waals surface area contributed by atoms with Crippen LogP contribution >= 0.6 is 0 Å². The van der Waals surface area contributed by atoms with E-state index in [1.54, 1.807) is 7.11 Å². The lowest BCUT2D eigenvalue weighted by atomic mass is 9.81. The highest BCUT2D eigenvalue weighted by Gasteiger charge is 2.43. The van der Waals surface area contributed by atoms with Gasteiger partial charge in [0.15, 0.2) is 0 Å². The van der Waals surface area contributed by atoms with Crippen molar-refractivity contribution >= 4 is 0 Å². The number of nitrogens with zero attached hydrogens (tertiary/aromatic N) is 1. The topological polar surface area (TPSA) is 32.7 Å². The molecule has 3 atom stereocenters. The molecule has 82 valence electrons. The van der Waals surface area contributed by atoms with Crippen LogP contribution in [0, 0.1) is 5.92 Å². The van der Waals surface area contributed by atoms with Gasteiger partial charge in [-0.3, -0.25) is 4.90 Å². The number of fused-ring (bicyclic) bond motifs is 4. The maximum atomic E-state index is 9.60. The van der Waals surface area contributed by atoms with Crippen LogP contribution in [-0.2, 0) is 4.74 Å². The largest absolute Gasteiger partial charge is 0.394 e. The molecular formula is C11H21NO2. The van der Waals surface area contributed by atoms with Gasteiger partial charge in [-0.15, -0.1) is 0 Å². The minimum absolute atomic E-state index is 0.0613. The minimum Gasteiger partial charge on any atom is -0.394 e. The van der Waals surface area contributed by atoms with E-state index < -0.39 is 0 Å². The summed E-state index contributed by atoms with van der Waals surface area (Å²) in [4.78, 5) is 2.44. The van der Waals surface area contributed by atoms with Gasteiger partial charge in [0, 0.05) is 7.11 Å². The minimum atomic E-state index is -0.0613. The lowest BCUT2D eigenvalue weighted by Crippen LogP contribution is -2.57. The molecule has 3 heteroatoms. The van der Waals surface area contributed by atoms with Gasteiger partial charge in [-0.25, -0.2) is 0 Å². The van der Waals surface area contributed by atoms with Gasteiger partial charge in [-0.05, 0) is 44.7 Å². The third-order valence-corrected chi connectivity index (χ3v) is 3.89. The van der Waals surface area contributed by atoms with Gasteiger partial charge < -0.3 is 9.84 Å². The molecule has 0 radical (unpaired) electrons. The standard InChI is InChI=1S/C11H21NO2/c1-14-9-11(8-13)7-10-3-2-5-12(11)6-4-10/h10,13H,2-9H2,1H3. The molecule has 3 aliphatic rings. The van der Waals surface area contributed by atoms with Crippen LogP contribution < -0.4 is 0 Å². The zero-order valence-corrected chi connectivity index (χ0v) is 9.04. The van der Waals surface area contributed by atoms with Crippen LogP contribution in [-0.4, -0.2) is 49.0 Å². The molecule has 3 rings (SSSR count). The Morgan fingerprint density at radius 3 is 3.00 bits per heavy atom. The number of hydrogen-bond acceptors (Lipinski definition) is 3. The number of piperidine rings is 1. The van der Waals surface area contributed by atoms with Crippen LogP contribution in [0.1, 0.15) is 25.7 Å². The molecule has 3 saturated heterocycles. The van der Waals surface area contributed by atoms with Crippen LogP contribution in [0.25, 0.3) is 0 Å². The first-order valence-electron chi connectivity index (χ1n) is 5.65. The maximum absolute atomic E-state index is 9.60. The number of aliphatic hydroxyl groups is 1. The molecule has 2 bridgehead atoms. The number of hydrogen-bond donors (Lipinski definition) is 1. The Balaban J connectivity index is 2.15. The van der Waals surface area contributed by atoms with E-state index in [4.69, 9.17) is 4.74 Å². The predicted octanol–water partition coefficient (Wildman–Crippen LogP) is 0.870. The molecule has 0 aromatic heterocycles. The van der Waals surface area contributed by atoms with Crippen LogP contribution in [0.3, 0.4) is 0 Å². The fourth-order valence-electron chi connectivity index (χ4n) is 3.14. The Morgan fingerprint density at radius 2 is 2.29 bits per heavy atom. The Labute approximate surface area is 86.0 Å². The normalized spacial score (nSPS) is 42.4. The summed E-state index contributed by atoms with van der Waals surface area (Å²) in [5.74, 6) is 0.816. The molecule has 0 aliphatic carbocycles. The molecule has 1 N–H and O–H groups in total. The van der Waals surface area contributed by atoms with Gasteiger partial charge in [-0.1, -0.05) is 0 Å². The van der Waals surface area contributed by atoms with Crippen LogP contribution in [0.5, 0.6) is 0 Å². The van der Waals surface area contributed by atoms with E-state index in [0.717, 1.165) is 25.4 Å². The van der Waals surface area contributed by atoms with Gasteiger partial charge in [0.2, 0.25) is 0 Å². The average Bonchev–Trinajstić information content (AvgIpc) is 2.52. The molecule has 3 heterocycles. The van der Waals surface area contributed by atoms with Crippen molar-refractivity contribution in [3.8, 4) is 0 Å². The van der Waals surface area contributed by atoms with E-state index in [1.807, 2.05) is 0 Å². The van der Waals surface area contributed by atoms with Gasteiger partial charge >= 0.3 is 0 Å². The van der Waals surface area contributed by atoms with Crippen LogP contribution in [0.2, 0.25) is 0 Å². The Morgan fingerprint density at radius 1 is 1.43 bits per heavy atom. The van der Waals surface area contributed by atoms with Crippen molar-refractivity contribution < 1.29 is 9.84 Å². The summed E-state index contributed by atoms with van der Waals surface area (Å²) in [6.45, 7) is 3.21. The SMILES string of the molecule is COCC1(CO)CC2CCCN1CC2. The second-order valence-corrected chi connectivity index (χ2v) is 4.80. The second kappa shape index (κ2) is 4.17. The molecule has 14 heavy (non-hydrogen) atoms. The fraction of sp³-hybridized carbons (Fsp3) is 1.00. The lowest BCUT2D eigenvalue weighted by Gasteiger charge is -2.46. The first-order chi connectivity index (χ1) is 6.80. The highest BCUT2D eigenvalue weighted by molar-refractivity contribution is 4.98. The summed E-state index contributed by atoms with van der Waals surface area (Å²) in [6, 6.07) is 0. The smallest absolute Gasteiger partial charge is 0.0678 e. The summed E-state index contributed by atoms with van der Waals surface area (Å²) in [5, 5.41) is 9.60. The van der Waals surface area contributed by atoms with Crippen LogP contribution in [0.15, 0.2) is 0 Å². The molecule has 3 unspecified atom stereocenters. The second-order valence-electron chi connectivity index (χ2n) is 4.80. The molecule has 0 saturated carbocycles. The van der Waals surface area contributed by atoms with E-state index in [2.05, 4.69) is 4.90 Å². The molecule has 3 nitrogen and oxygen atoms in total. The van der Waals surface area contributed by atoms with Crippen molar-refractivity contribution in [1.82, 2.24) is 4.90 Å². The molecular weight excluding hydrogens is 178 g/mol. The summed E-state index contributed by atoms with van der Waals surface area (Å²) in [7, 11) is 1.73. The van der Waals surface area contributed by atoms with E-state index in [1.165, 1.54) is 19.3 Å². The highest BCUT2D eigenvalue weighted by atomic mass is 16.5. The number of methoxy groups -OCH3 is 1. The van der Waals surface area contributed by atoms with Crippen molar-refractivity contribution in [3.63, 3.8) is 0 Å². The zero-order chi connectivity index (χ0) is 10.0. The number of ether oxygens (including phenoxy) is 1. The summed E-state index contributed by atoms with van der Waals surface area (Å²) in [5.41, 5.74) is -0.0613. The monoisotopic (exact) mass is 199 g/mol. The Hall–Kier alpha value is -0.120. The third-order valence-electron chi connectivity index (χ3n) is 3.89. The first kappa shape index (κ1) is 10.4. The summed E-state index contributed by atoms with van der Waals surface area (Å²) >= 11 is 0. The van der Waals surface area contributed by atoms with Crippen molar-refractivity contribution in [1.29, 1.82) is 0 Å². The van der Waals surface area contributed by atoms with Gasteiger partial charge in [0.25, 0.3) is 0 Å². The summed E-state index contributed by atoms with van der Waals surface area (Å²) < 4.78 is 5.28. The molecule has 3 aliphatic heterocycles. The van der Waals surface area contributed by atoms with Crippen molar-refractivity contribution in [2.24, 2.45) is 5.92 Å². The summed E-state index contributed by atoms with van der Waals surface area (Å²) in [6.07, 6.45) is 5.06. The first-order valence-corrected chi connectivity index (χ1v) is 5.65. The average molecular weight is 199 g/mol. The van der Waals surface area contributed by atoms with Crippen molar-refractivity contribution in [2.75, 3.05) is 33.4 Å². The predicted molar refractivity (Wildman–Crippen MR) is 55.2 cm³/mol. The van der Waals surface area contributed by atoms with Gasteiger partial charge in [0.1, 0.15) is 0 Å². The number of rotatable bonds is 3. The fourth-order valence-corrected chi connectivity index (χ4v) is 3.14.